The number of hydrogen-bond acceptors (Lipinski definition) is 20. The third-order valence-electron chi connectivity index (χ3n) is 19.4. The van der Waals surface area contributed by atoms with Crippen molar-refractivity contribution < 1.29 is 69.4 Å². The van der Waals surface area contributed by atoms with Crippen LogP contribution >= 0.6 is 35.0 Å². The molecule has 0 saturated heterocycles. The number of carbonyl (C=O) groups excluding carboxylic acids is 2. The van der Waals surface area contributed by atoms with Crippen LogP contribution in [0.25, 0.3) is 66.8 Å². The maximum atomic E-state index is 15.1. The van der Waals surface area contributed by atoms with Crippen molar-refractivity contribution in [2.45, 2.75) is 97.8 Å². The van der Waals surface area contributed by atoms with Gasteiger partial charge in [0.25, 0.3) is 0 Å². The van der Waals surface area contributed by atoms with Gasteiger partial charge in [0, 0.05) is 136 Å². The molecule has 20 nitrogen and oxygen atoms in total. The molecule has 5 atom stereocenters. The molecule has 0 unspecified atom stereocenters. The number of benzene rings is 6. The summed E-state index contributed by atoms with van der Waals surface area (Å²) >= 11 is 13.7. The van der Waals surface area contributed by atoms with E-state index in [0.29, 0.717) is 126 Å². The van der Waals surface area contributed by atoms with Crippen LogP contribution in [-0.4, -0.2) is 136 Å². The topological polar surface area (TPSA) is 363 Å². The summed E-state index contributed by atoms with van der Waals surface area (Å²) in [7, 11) is -2.44. The minimum atomic E-state index is -1.32. The molecule has 6 aromatic carbocycles. The Labute approximate surface area is 729 Å². The molecule has 0 amide bonds. The summed E-state index contributed by atoms with van der Waals surface area (Å²) < 4.78 is 103. The van der Waals surface area contributed by atoms with Gasteiger partial charge in [0.05, 0.1) is 35.9 Å². The molecular formula is C92H97Cl2F4N9O11S4. The van der Waals surface area contributed by atoms with Crippen LogP contribution < -0.4 is 28.7 Å². The Morgan fingerprint density at radius 3 is 1.11 bits per heavy atom. The molecular weight excluding hydrogens is 1680 g/mol. The summed E-state index contributed by atoms with van der Waals surface area (Å²) in [5, 5.41) is 28.7. The minimum absolute atomic E-state index is 0. The van der Waals surface area contributed by atoms with Gasteiger partial charge in [-0.15, -0.1) is 0 Å². The van der Waals surface area contributed by atoms with Crippen molar-refractivity contribution in [2.24, 2.45) is 5.73 Å². The monoisotopic (exact) mass is 1780 g/mol. The fourth-order valence-electron chi connectivity index (χ4n) is 13.1. The second kappa shape index (κ2) is 43.5. The largest absolute Gasteiger partial charge is 0.478 e. The van der Waals surface area contributed by atoms with E-state index in [9.17, 15) is 45.3 Å². The Kier molecular flexibility index (Phi) is 34.0. The number of halogens is 6. The van der Waals surface area contributed by atoms with Crippen LogP contribution in [0.5, 0.6) is 0 Å². The Balaban J connectivity index is 0.000000177. The smallest absolute Gasteiger partial charge is 0.341 e. The number of nitrogens with zero attached hydrogens (tertiary/aromatic N) is 4. The summed E-state index contributed by atoms with van der Waals surface area (Å²) in [6.45, 7) is 10.1. The van der Waals surface area contributed by atoms with Crippen molar-refractivity contribution in [1.82, 2.24) is 19.9 Å². The predicted molar refractivity (Wildman–Crippen MR) is 487 cm³/mol. The van der Waals surface area contributed by atoms with Gasteiger partial charge in [-0.1, -0.05) is 110 Å². The molecule has 8 heterocycles. The number of carboxylic acid groups (broad SMARTS) is 1. The number of rotatable bonds is 16. The first kappa shape index (κ1) is 95.3. The van der Waals surface area contributed by atoms with Crippen molar-refractivity contribution in [3.05, 3.63) is 284 Å². The van der Waals surface area contributed by atoms with Gasteiger partial charge in [-0.25, -0.2) is 51.9 Å². The zero-order valence-electron chi connectivity index (χ0n) is 67.2. The van der Waals surface area contributed by atoms with Gasteiger partial charge < -0.3 is 53.5 Å². The molecule has 0 saturated carbocycles. The molecule has 10 aromatic rings. The van der Waals surface area contributed by atoms with Crippen molar-refractivity contribution in [3.8, 4) is 44.5 Å². The van der Waals surface area contributed by atoms with Crippen LogP contribution in [0.4, 0.5) is 40.8 Å². The third-order valence-corrected chi connectivity index (χ3v) is 24.3. The second-order valence-corrected chi connectivity index (χ2v) is 37.2. The van der Waals surface area contributed by atoms with Crippen molar-refractivity contribution in [3.63, 3.8) is 0 Å². The molecule has 0 radical (unpaired) electrons. The quantitative estimate of drug-likeness (QED) is 0.0329. The number of aromatic nitrogens is 4. The first-order valence-electron chi connectivity index (χ1n) is 38.3. The molecule has 4 aliphatic rings. The Morgan fingerprint density at radius 1 is 0.459 bits per heavy atom. The maximum Gasteiger partial charge on any atom is 0.341 e. The zero-order chi connectivity index (χ0) is 87.6. The van der Waals surface area contributed by atoms with Crippen LogP contribution in [0.2, 0.25) is 10.0 Å². The van der Waals surface area contributed by atoms with Gasteiger partial charge in [0.1, 0.15) is 57.7 Å². The number of pyridine rings is 4. The van der Waals surface area contributed by atoms with E-state index in [2.05, 4.69) is 26.0 Å². The van der Waals surface area contributed by atoms with Crippen molar-refractivity contribution >= 4 is 131 Å². The van der Waals surface area contributed by atoms with E-state index < -0.39 is 90.7 Å². The zero-order valence-corrected chi connectivity index (χ0v) is 72.0. The SMILES string of the molecule is C.CC(C)(C)OC(=O)c1ccc(-c2cc(C3=CCSCC3)cnc2N)cc1F.CC(C)(C)OC(=O)c1ccc(-c2cc(C3=CC[S@](=O)CC3)cnc2N)cc1F.N[C@H](CO)c1cccc(Cl)c1.Nc1ncc(C2=CC[S@](=O)CC2)cc1-c1ccc(C(=O)O)c(F)c1.Nc1ncc(C2=CC[S@](=O)CC2)cc1-c1ccc([C@H](CO)c2cccc(Cl)c2)c(F)c1. The first-order valence-corrected chi connectivity index (χ1v) is 44.7. The van der Waals surface area contributed by atoms with E-state index in [1.54, 1.807) is 127 Å². The number of hydrogen-bond donors (Lipinski definition) is 8. The first-order chi connectivity index (χ1) is 57.5. The number of nitrogen functional groups attached to an aromatic ring is 4. The van der Waals surface area contributed by atoms with Crippen molar-refractivity contribution in [1.29, 1.82) is 0 Å². The highest BCUT2D eigenvalue weighted by atomic mass is 35.5. The number of thioether (sulfide) groups is 1. The molecule has 0 bridgehead atoms. The predicted octanol–water partition coefficient (Wildman–Crippen LogP) is 18.4. The summed E-state index contributed by atoms with van der Waals surface area (Å²) in [5.74, 6) is 0.797. The number of carbonyl (C=O) groups is 3. The lowest BCUT2D eigenvalue weighted by atomic mass is 9.90. The highest BCUT2D eigenvalue weighted by Crippen LogP contribution is 2.39. The number of aliphatic hydroxyl groups is 2. The summed E-state index contributed by atoms with van der Waals surface area (Å²) in [4.78, 5) is 52.2. The molecule has 4 aromatic heterocycles. The molecule has 122 heavy (non-hydrogen) atoms. The van der Waals surface area contributed by atoms with Crippen LogP contribution in [0.15, 0.2) is 195 Å². The van der Waals surface area contributed by atoms with Crippen LogP contribution in [0.1, 0.15) is 157 Å². The normalized spacial score (nSPS) is 16.1. The number of anilines is 4. The molecule has 4 aliphatic heterocycles. The van der Waals surface area contributed by atoms with E-state index in [1.165, 1.54) is 48.0 Å². The summed E-state index contributed by atoms with van der Waals surface area (Å²) in [6.07, 6.45) is 17.9. The fraction of sp³-hybridized carbons (Fsp3) is 0.272. The van der Waals surface area contributed by atoms with Gasteiger partial charge in [-0.05, 0) is 247 Å². The lowest BCUT2D eigenvalue weighted by Gasteiger charge is -2.20. The molecule has 0 spiro atoms. The number of ether oxygens (including phenoxy) is 2. The fourth-order valence-corrected chi connectivity index (χ4v) is 17.3. The number of carboxylic acids is 1. The summed E-state index contributed by atoms with van der Waals surface area (Å²) in [5.41, 5.74) is 42.2. The van der Waals surface area contributed by atoms with E-state index in [0.717, 1.165) is 74.1 Å². The highest BCUT2D eigenvalue weighted by molar-refractivity contribution is 7.99. The average Bonchev–Trinajstić information content (AvgIpc) is 0.812. The second-order valence-electron chi connectivity index (χ2n) is 30.3. The Hall–Kier alpha value is -10.5. The van der Waals surface area contributed by atoms with E-state index in [1.807, 2.05) is 66.4 Å². The van der Waals surface area contributed by atoms with Crippen LogP contribution in [0, 0.1) is 23.3 Å². The molecule has 13 N–H and O–H groups in total. The van der Waals surface area contributed by atoms with Gasteiger partial charge in [-0.2, -0.15) is 11.8 Å². The maximum absolute atomic E-state index is 15.1. The number of esters is 2. The third kappa shape index (κ3) is 26.3. The van der Waals surface area contributed by atoms with E-state index in [-0.39, 0.29) is 55.0 Å². The summed E-state index contributed by atoms with van der Waals surface area (Å²) in [6, 6.07) is 38.8. The lowest BCUT2D eigenvalue weighted by Crippen LogP contribution is -2.24. The van der Waals surface area contributed by atoms with Gasteiger partial charge in [0.2, 0.25) is 0 Å². The van der Waals surface area contributed by atoms with Gasteiger partial charge >= 0.3 is 17.9 Å². The van der Waals surface area contributed by atoms with Crippen molar-refractivity contribution in [2.75, 3.05) is 82.2 Å². The molecule has 30 heteroatoms. The van der Waals surface area contributed by atoms with Gasteiger partial charge in [0.15, 0.2) is 0 Å². The highest BCUT2D eigenvalue weighted by Gasteiger charge is 2.27. The number of allylic oxidation sites excluding steroid dienone is 4. The van der Waals surface area contributed by atoms with E-state index in [4.69, 9.17) is 71.6 Å². The average molecular weight is 1780 g/mol. The number of nitrogens with two attached hydrogens (primary N) is 5. The number of aliphatic hydroxyl groups excluding tert-OH is 2. The number of aromatic carboxylic acids is 1. The molecule has 0 aliphatic carbocycles. The molecule has 0 fully saturated rings. The van der Waals surface area contributed by atoms with Crippen LogP contribution in [0.3, 0.4) is 0 Å². The van der Waals surface area contributed by atoms with Crippen LogP contribution in [-0.2, 0) is 41.9 Å². The Bertz CT molecular complexity index is 5730. The standard InChI is InChI=1S/C24H22ClFN2O2S.C21H23FN2O3S.C21H23FN2O2S.C17H15FN2O3S.C8H10ClNO.CH4/c25-19-3-1-2-16(10-19)22(14-29)20-5-4-17(12-23(20)26)21-11-18(13-28-24(21)27)15-6-8-31(30)9-7-15;1-21(2,3)27-20(25)16-5-4-14(11-18(16)22)17-10-15(12-24-19(17)23)13-6-8-28(26)9-7-13;1-21(2,3)26-20(25)16-5-4-14(11-18(16)22)17-10-15(12-24-19(17)23)13-6-8-27-9-7-13;18-15-8-11(1-2-13(15)17(21)22)14-7-12(9-20-16(14)19)10-3-5-24(23)6-4-10;9-7-3-1-2-6(4-7)8(10)5-11;/h1-6,10-13,22,29H,7-9,14H2,(H2,27,28);4-6,10-12H,7-9H2,1-3H3,(H2,23,24);4-6,10-12H,7-9H2,1-3H3,(H2,23,24);1-3,7-9H,4-6H2,(H2,19,20)(H,21,22);1-4,8,11H,5,10H2;1H4/t22-,31+;28-;;24-;8-;/m10.01./s1. The Morgan fingerprint density at radius 2 is 0.803 bits per heavy atom. The molecule has 14 rings (SSSR count). The lowest BCUT2D eigenvalue weighted by molar-refractivity contribution is 0.00518. The van der Waals surface area contributed by atoms with Gasteiger partial charge in [-0.3, -0.25) is 12.6 Å². The minimum Gasteiger partial charge on any atom is -0.478 e. The molecule has 642 valence electrons. The van der Waals surface area contributed by atoms with E-state index >= 15 is 4.39 Å².